The van der Waals surface area contributed by atoms with Gasteiger partial charge in [-0.1, -0.05) is 37.5 Å². The highest BCUT2D eigenvalue weighted by Gasteiger charge is 2.05. The lowest BCUT2D eigenvalue weighted by Gasteiger charge is -2.11. The number of unbranched alkanes of at least 4 members (excludes halogenated alkanes) is 2. The number of anilines is 1. The minimum Gasteiger partial charge on any atom is -0.494 e. The van der Waals surface area contributed by atoms with Crippen molar-refractivity contribution >= 4 is 28.9 Å². The van der Waals surface area contributed by atoms with Crippen LogP contribution in [0.15, 0.2) is 48.5 Å². The Morgan fingerprint density at radius 3 is 2.10 bits per heavy atom. The van der Waals surface area contributed by atoms with E-state index in [2.05, 4.69) is 17.6 Å². The molecule has 6 heteroatoms. The van der Waals surface area contributed by atoms with Crippen LogP contribution in [0.5, 0.6) is 11.5 Å². The Kier molecular flexibility index (Phi) is 10.00. The number of rotatable bonds is 11. The Bertz CT molecular complexity index is 761. The number of hydrogen-bond donors (Lipinski definition) is 2. The van der Waals surface area contributed by atoms with Crippen LogP contribution in [0.3, 0.4) is 0 Å². The predicted molar refractivity (Wildman–Crippen MR) is 122 cm³/mol. The molecular formula is C23H30N2O3S. The van der Waals surface area contributed by atoms with E-state index in [4.69, 9.17) is 21.7 Å². The van der Waals surface area contributed by atoms with Gasteiger partial charge in [-0.2, -0.15) is 0 Å². The SMILES string of the molecule is CCCCCOc1ccc(NC(=S)NC(=O)CCCOc2ccc(C)cc2)cc1. The van der Waals surface area contributed by atoms with Crippen molar-refractivity contribution in [2.45, 2.75) is 46.0 Å². The van der Waals surface area contributed by atoms with Crippen molar-refractivity contribution in [1.29, 1.82) is 0 Å². The Balaban J connectivity index is 1.62. The van der Waals surface area contributed by atoms with Crippen LogP contribution < -0.4 is 20.1 Å². The lowest BCUT2D eigenvalue weighted by atomic mass is 10.2. The third-order valence-electron chi connectivity index (χ3n) is 4.22. The summed E-state index contributed by atoms with van der Waals surface area (Å²) in [5.41, 5.74) is 1.99. The molecule has 0 radical (unpaired) electrons. The van der Waals surface area contributed by atoms with Gasteiger partial charge in [0.1, 0.15) is 11.5 Å². The van der Waals surface area contributed by atoms with E-state index in [1.54, 1.807) is 0 Å². The largest absolute Gasteiger partial charge is 0.494 e. The second-order valence-corrected chi connectivity index (χ2v) is 7.26. The third-order valence-corrected chi connectivity index (χ3v) is 4.42. The highest BCUT2D eigenvalue weighted by molar-refractivity contribution is 7.80. The van der Waals surface area contributed by atoms with Gasteiger partial charge in [0, 0.05) is 12.1 Å². The van der Waals surface area contributed by atoms with E-state index >= 15 is 0 Å². The van der Waals surface area contributed by atoms with Crippen molar-refractivity contribution in [3.05, 3.63) is 54.1 Å². The molecule has 0 fully saturated rings. The van der Waals surface area contributed by atoms with Gasteiger partial charge in [-0.25, -0.2) is 0 Å². The van der Waals surface area contributed by atoms with Crippen LogP contribution in [0.4, 0.5) is 5.69 Å². The first-order chi connectivity index (χ1) is 14.1. The minimum absolute atomic E-state index is 0.133. The number of hydrogen-bond acceptors (Lipinski definition) is 4. The molecule has 0 saturated heterocycles. The molecule has 2 aromatic carbocycles. The Morgan fingerprint density at radius 2 is 1.48 bits per heavy atom. The molecule has 0 bridgehead atoms. The van der Waals surface area contributed by atoms with Crippen molar-refractivity contribution < 1.29 is 14.3 Å². The second-order valence-electron chi connectivity index (χ2n) is 6.85. The van der Waals surface area contributed by atoms with Gasteiger partial charge in [0.25, 0.3) is 0 Å². The molecule has 2 N–H and O–H groups in total. The van der Waals surface area contributed by atoms with Crippen molar-refractivity contribution in [2.75, 3.05) is 18.5 Å². The molecule has 0 heterocycles. The quantitative estimate of drug-likeness (QED) is 0.389. The minimum atomic E-state index is -0.133. The Labute approximate surface area is 178 Å². The number of carbonyl (C=O) groups is 1. The molecule has 0 aliphatic rings. The molecule has 0 spiro atoms. The van der Waals surface area contributed by atoms with Crippen LogP contribution in [0, 0.1) is 6.92 Å². The molecule has 2 rings (SSSR count). The first kappa shape index (κ1) is 22.7. The van der Waals surface area contributed by atoms with Gasteiger partial charge >= 0.3 is 0 Å². The van der Waals surface area contributed by atoms with E-state index < -0.39 is 0 Å². The molecule has 2 aromatic rings. The van der Waals surface area contributed by atoms with E-state index in [0.717, 1.165) is 30.2 Å². The van der Waals surface area contributed by atoms with Crippen LogP contribution in [-0.2, 0) is 4.79 Å². The summed E-state index contributed by atoms with van der Waals surface area (Å²) in [5, 5.41) is 5.99. The van der Waals surface area contributed by atoms with E-state index in [-0.39, 0.29) is 11.0 Å². The molecule has 0 aliphatic carbocycles. The van der Waals surface area contributed by atoms with E-state index in [0.29, 0.717) is 19.4 Å². The average molecular weight is 415 g/mol. The first-order valence-electron chi connectivity index (χ1n) is 10.1. The Morgan fingerprint density at radius 1 is 0.897 bits per heavy atom. The number of carbonyl (C=O) groups excluding carboxylic acids is 1. The monoisotopic (exact) mass is 414 g/mol. The second kappa shape index (κ2) is 12.8. The number of ether oxygens (including phenoxy) is 2. The number of thiocarbonyl (C=S) groups is 1. The zero-order valence-electron chi connectivity index (χ0n) is 17.2. The van der Waals surface area contributed by atoms with Gasteiger partial charge in [0.15, 0.2) is 5.11 Å². The summed E-state index contributed by atoms with van der Waals surface area (Å²) in [4.78, 5) is 12.0. The maximum absolute atomic E-state index is 12.0. The highest BCUT2D eigenvalue weighted by atomic mass is 32.1. The van der Waals surface area contributed by atoms with Crippen molar-refractivity contribution in [3.8, 4) is 11.5 Å². The fourth-order valence-electron chi connectivity index (χ4n) is 2.59. The zero-order chi connectivity index (χ0) is 20.9. The van der Waals surface area contributed by atoms with Crippen LogP contribution in [0.1, 0.15) is 44.6 Å². The van der Waals surface area contributed by atoms with Gasteiger partial charge in [-0.3, -0.25) is 4.79 Å². The van der Waals surface area contributed by atoms with Gasteiger partial charge in [-0.15, -0.1) is 0 Å². The summed E-state index contributed by atoms with van der Waals surface area (Å²) in [6.07, 6.45) is 4.37. The van der Waals surface area contributed by atoms with Crippen molar-refractivity contribution in [1.82, 2.24) is 5.32 Å². The van der Waals surface area contributed by atoms with Crippen LogP contribution in [0.2, 0.25) is 0 Å². The van der Waals surface area contributed by atoms with Gasteiger partial charge < -0.3 is 20.1 Å². The summed E-state index contributed by atoms with van der Waals surface area (Å²) in [6, 6.07) is 15.4. The topological polar surface area (TPSA) is 59.6 Å². The summed E-state index contributed by atoms with van der Waals surface area (Å²) < 4.78 is 11.3. The lowest BCUT2D eigenvalue weighted by Crippen LogP contribution is -2.34. The number of amides is 1. The lowest BCUT2D eigenvalue weighted by molar-refractivity contribution is -0.119. The summed E-state index contributed by atoms with van der Waals surface area (Å²) in [5.74, 6) is 1.51. The Hall–Kier alpha value is -2.60. The average Bonchev–Trinajstić information content (AvgIpc) is 2.71. The fraction of sp³-hybridized carbons (Fsp3) is 0.391. The molecule has 29 heavy (non-hydrogen) atoms. The normalized spacial score (nSPS) is 10.3. The summed E-state index contributed by atoms with van der Waals surface area (Å²) in [7, 11) is 0. The molecular weight excluding hydrogens is 384 g/mol. The molecule has 156 valence electrons. The standard InChI is InChI=1S/C23H30N2O3S/c1-3-4-5-16-27-21-14-10-19(11-15-21)24-23(29)25-22(26)7-6-17-28-20-12-8-18(2)9-13-20/h8-15H,3-7,16-17H2,1-2H3,(H2,24,25,26,29). The van der Waals surface area contributed by atoms with E-state index in [9.17, 15) is 4.79 Å². The van der Waals surface area contributed by atoms with Gasteiger partial charge in [0.05, 0.1) is 13.2 Å². The third kappa shape index (κ3) is 9.43. The smallest absolute Gasteiger partial charge is 0.226 e. The molecule has 5 nitrogen and oxygen atoms in total. The van der Waals surface area contributed by atoms with Crippen molar-refractivity contribution in [3.63, 3.8) is 0 Å². The fourth-order valence-corrected chi connectivity index (χ4v) is 2.82. The molecule has 0 aromatic heterocycles. The maximum Gasteiger partial charge on any atom is 0.226 e. The van der Waals surface area contributed by atoms with Crippen LogP contribution >= 0.6 is 12.2 Å². The zero-order valence-corrected chi connectivity index (χ0v) is 18.0. The number of aryl methyl sites for hydroxylation is 1. The van der Waals surface area contributed by atoms with Crippen LogP contribution in [-0.4, -0.2) is 24.2 Å². The van der Waals surface area contributed by atoms with Gasteiger partial charge in [0.2, 0.25) is 5.91 Å². The predicted octanol–water partition coefficient (Wildman–Crippen LogP) is 5.24. The van der Waals surface area contributed by atoms with Crippen molar-refractivity contribution in [2.24, 2.45) is 0 Å². The molecule has 0 saturated carbocycles. The first-order valence-corrected chi connectivity index (χ1v) is 10.5. The molecule has 1 amide bonds. The molecule has 0 unspecified atom stereocenters. The number of nitrogens with one attached hydrogen (secondary N) is 2. The molecule has 0 aliphatic heterocycles. The summed E-state index contributed by atoms with van der Waals surface area (Å²) >= 11 is 5.21. The number of benzene rings is 2. The van der Waals surface area contributed by atoms with E-state index in [1.807, 2.05) is 55.5 Å². The maximum atomic E-state index is 12.0. The van der Waals surface area contributed by atoms with E-state index in [1.165, 1.54) is 18.4 Å². The van der Waals surface area contributed by atoms with Gasteiger partial charge in [-0.05, 0) is 68.4 Å². The summed E-state index contributed by atoms with van der Waals surface area (Å²) in [6.45, 7) is 5.41. The molecule has 0 atom stereocenters. The highest BCUT2D eigenvalue weighted by Crippen LogP contribution is 2.16. The van der Waals surface area contributed by atoms with Crippen LogP contribution in [0.25, 0.3) is 0 Å².